The number of hydrogen-bond donors (Lipinski definition) is 2. The highest BCUT2D eigenvalue weighted by atomic mass is 16.1. The number of rotatable bonds is 5. The third-order valence-corrected chi connectivity index (χ3v) is 2.91. The fourth-order valence-electron chi connectivity index (χ4n) is 1.85. The Balaban J connectivity index is 2.63. The average molecular weight is 234 g/mol. The Morgan fingerprint density at radius 1 is 1.41 bits per heavy atom. The molecular weight excluding hydrogens is 212 g/mol. The largest absolute Gasteiger partial charge is 0.399 e. The third kappa shape index (κ3) is 4.10. The minimum atomic E-state index is -0.155. The van der Waals surface area contributed by atoms with Crippen LogP contribution in [0.3, 0.4) is 0 Å². The number of carbonyl (C=O) groups is 1. The van der Waals surface area contributed by atoms with E-state index in [9.17, 15) is 4.79 Å². The first-order valence-electron chi connectivity index (χ1n) is 6.20. The molecule has 0 aromatic heterocycles. The Morgan fingerprint density at radius 2 is 2.12 bits per heavy atom. The van der Waals surface area contributed by atoms with Crippen LogP contribution in [0.15, 0.2) is 24.3 Å². The van der Waals surface area contributed by atoms with Gasteiger partial charge in [0.25, 0.3) is 0 Å². The lowest BCUT2D eigenvalue weighted by Crippen LogP contribution is -2.35. The summed E-state index contributed by atoms with van der Waals surface area (Å²) in [6.07, 6.45) is 2.09. The molecule has 17 heavy (non-hydrogen) atoms. The minimum absolute atomic E-state index is 0.0663. The van der Waals surface area contributed by atoms with Crippen molar-refractivity contribution < 1.29 is 4.79 Å². The van der Waals surface area contributed by atoms with Crippen LogP contribution in [0.5, 0.6) is 0 Å². The van der Waals surface area contributed by atoms with Crippen LogP contribution in [0.4, 0.5) is 5.69 Å². The van der Waals surface area contributed by atoms with Crippen molar-refractivity contribution in [1.29, 1.82) is 0 Å². The zero-order chi connectivity index (χ0) is 12.8. The second-order valence-corrected chi connectivity index (χ2v) is 4.59. The molecule has 0 saturated carbocycles. The van der Waals surface area contributed by atoms with Crippen molar-refractivity contribution >= 4 is 11.6 Å². The summed E-state index contributed by atoms with van der Waals surface area (Å²) in [4.78, 5) is 12.0. The first-order valence-corrected chi connectivity index (χ1v) is 6.20. The number of carbonyl (C=O) groups excluding carboxylic acids is 1. The van der Waals surface area contributed by atoms with Gasteiger partial charge in [-0.05, 0) is 38.0 Å². The summed E-state index contributed by atoms with van der Waals surface area (Å²) in [7, 11) is 0. The monoisotopic (exact) mass is 234 g/mol. The van der Waals surface area contributed by atoms with Gasteiger partial charge < -0.3 is 11.1 Å². The quantitative estimate of drug-likeness (QED) is 0.770. The zero-order valence-corrected chi connectivity index (χ0v) is 10.9. The summed E-state index contributed by atoms with van der Waals surface area (Å²) in [5.74, 6) is -0.0886. The molecule has 2 unspecified atom stereocenters. The van der Waals surface area contributed by atoms with Crippen molar-refractivity contribution in [2.45, 2.75) is 45.6 Å². The van der Waals surface area contributed by atoms with E-state index in [1.807, 2.05) is 38.1 Å². The first kappa shape index (κ1) is 13.6. The highest BCUT2D eigenvalue weighted by Crippen LogP contribution is 2.18. The molecule has 94 valence electrons. The smallest absolute Gasteiger partial charge is 0.227 e. The SMILES string of the molecule is CCCC(C)NC(=O)C(C)c1cccc(N)c1. The summed E-state index contributed by atoms with van der Waals surface area (Å²) >= 11 is 0. The minimum Gasteiger partial charge on any atom is -0.399 e. The third-order valence-electron chi connectivity index (χ3n) is 2.91. The molecule has 0 saturated heterocycles. The molecule has 3 N–H and O–H groups in total. The van der Waals surface area contributed by atoms with Crippen LogP contribution < -0.4 is 11.1 Å². The topological polar surface area (TPSA) is 55.1 Å². The molecule has 1 aromatic rings. The van der Waals surface area contributed by atoms with Gasteiger partial charge in [0.15, 0.2) is 0 Å². The van der Waals surface area contributed by atoms with Crippen molar-refractivity contribution in [3.8, 4) is 0 Å². The van der Waals surface area contributed by atoms with Gasteiger partial charge in [-0.3, -0.25) is 4.79 Å². The second kappa shape index (κ2) is 6.28. The van der Waals surface area contributed by atoms with Crippen LogP contribution in [-0.2, 0) is 4.79 Å². The number of anilines is 1. The number of amides is 1. The van der Waals surface area contributed by atoms with Gasteiger partial charge in [0.1, 0.15) is 0 Å². The van der Waals surface area contributed by atoms with Crippen LogP contribution in [0.1, 0.15) is 45.1 Å². The molecule has 0 heterocycles. The predicted octanol–water partition coefficient (Wildman–Crippen LogP) is 2.68. The number of nitrogens with one attached hydrogen (secondary N) is 1. The molecule has 0 aliphatic heterocycles. The normalized spacial score (nSPS) is 14.1. The number of nitrogen functional groups attached to an aromatic ring is 1. The van der Waals surface area contributed by atoms with Crippen LogP contribution in [0, 0.1) is 0 Å². The molecular formula is C14H22N2O. The highest BCUT2D eigenvalue weighted by molar-refractivity contribution is 5.83. The van der Waals surface area contributed by atoms with Crippen molar-refractivity contribution in [3.05, 3.63) is 29.8 Å². The molecule has 1 amide bonds. The van der Waals surface area contributed by atoms with Gasteiger partial charge in [-0.2, -0.15) is 0 Å². The van der Waals surface area contributed by atoms with Gasteiger partial charge in [-0.15, -0.1) is 0 Å². The predicted molar refractivity (Wildman–Crippen MR) is 71.8 cm³/mol. The number of hydrogen-bond acceptors (Lipinski definition) is 2. The van der Waals surface area contributed by atoms with Crippen LogP contribution in [-0.4, -0.2) is 11.9 Å². The van der Waals surface area contributed by atoms with E-state index in [1.165, 1.54) is 0 Å². The summed E-state index contributed by atoms with van der Waals surface area (Å²) in [5, 5.41) is 3.02. The zero-order valence-electron chi connectivity index (χ0n) is 10.9. The van der Waals surface area contributed by atoms with E-state index in [-0.39, 0.29) is 17.9 Å². The lowest BCUT2D eigenvalue weighted by atomic mass is 9.99. The molecule has 0 aliphatic rings. The maximum absolute atomic E-state index is 12.0. The summed E-state index contributed by atoms with van der Waals surface area (Å²) in [6, 6.07) is 7.73. The molecule has 0 bridgehead atoms. The lowest BCUT2D eigenvalue weighted by molar-refractivity contribution is -0.122. The van der Waals surface area contributed by atoms with Crippen molar-refractivity contribution in [2.75, 3.05) is 5.73 Å². The Labute approximate surface area is 103 Å². The van der Waals surface area contributed by atoms with Crippen molar-refractivity contribution in [2.24, 2.45) is 0 Å². The second-order valence-electron chi connectivity index (χ2n) is 4.59. The molecule has 2 atom stereocenters. The molecule has 0 fully saturated rings. The maximum Gasteiger partial charge on any atom is 0.227 e. The molecule has 0 radical (unpaired) electrons. The lowest BCUT2D eigenvalue weighted by Gasteiger charge is -2.17. The van der Waals surface area contributed by atoms with Gasteiger partial charge in [0, 0.05) is 11.7 Å². The summed E-state index contributed by atoms with van der Waals surface area (Å²) < 4.78 is 0. The van der Waals surface area contributed by atoms with Gasteiger partial charge in [-0.1, -0.05) is 25.5 Å². The van der Waals surface area contributed by atoms with Gasteiger partial charge in [0.05, 0.1) is 5.92 Å². The van der Waals surface area contributed by atoms with E-state index in [4.69, 9.17) is 5.73 Å². The summed E-state index contributed by atoms with van der Waals surface area (Å²) in [6.45, 7) is 6.06. The van der Waals surface area contributed by atoms with Gasteiger partial charge >= 0.3 is 0 Å². The Kier molecular flexibility index (Phi) is 5.01. The van der Waals surface area contributed by atoms with E-state index in [0.717, 1.165) is 18.4 Å². The first-order chi connectivity index (χ1) is 8.04. The fourth-order valence-corrected chi connectivity index (χ4v) is 1.85. The van der Waals surface area contributed by atoms with Crippen LogP contribution in [0.2, 0.25) is 0 Å². The van der Waals surface area contributed by atoms with Gasteiger partial charge in [0.2, 0.25) is 5.91 Å². The van der Waals surface area contributed by atoms with E-state index < -0.39 is 0 Å². The molecule has 0 aliphatic carbocycles. The summed E-state index contributed by atoms with van der Waals surface area (Å²) in [5.41, 5.74) is 7.38. The van der Waals surface area contributed by atoms with Gasteiger partial charge in [-0.25, -0.2) is 0 Å². The maximum atomic E-state index is 12.0. The molecule has 3 nitrogen and oxygen atoms in total. The molecule has 0 spiro atoms. The van der Waals surface area contributed by atoms with Crippen molar-refractivity contribution in [3.63, 3.8) is 0 Å². The molecule has 1 rings (SSSR count). The fraction of sp³-hybridized carbons (Fsp3) is 0.500. The number of benzene rings is 1. The Bertz CT molecular complexity index is 376. The molecule has 3 heteroatoms. The Morgan fingerprint density at radius 3 is 2.71 bits per heavy atom. The van der Waals surface area contributed by atoms with Crippen LogP contribution in [0.25, 0.3) is 0 Å². The Hall–Kier alpha value is -1.51. The standard InChI is InChI=1S/C14H22N2O/c1-4-6-10(2)16-14(17)11(3)12-7-5-8-13(15)9-12/h5,7-11H,4,6,15H2,1-3H3,(H,16,17). The highest BCUT2D eigenvalue weighted by Gasteiger charge is 2.16. The molecule has 1 aromatic carbocycles. The van der Waals surface area contributed by atoms with Crippen molar-refractivity contribution in [1.82, 2.24) is 5.32 Å². The number of nitrogens with two attached hydrogens (primary N) is 1. The average Bonchev–Trinajstić information content (AvgIpc) is 2.28. The van der Waals surface area contributed by atoms with Crippen LogP contribution >= 0.6 is 0 Å². The van der Waals surface area contributed by atoms with E-state index >= 15 is 0 Å². The van der Waals surface area contributed by atoms with E-state index in [2.05, 4.69) is 12.2 Å². The van der Waals surface area contributed by atoms with E-state index in [0.29, 0.717) is 5.69 Å². The van der Waals surface area contributed by atoms with E-state index in [1.54, 1.807) is 0 Å².